The van der Waals surface area contributed by atoms with Crippen LogP contribution < -0.4 is 4.74 Å². The number of alkyl halides is 3. The SMILES string of the molecule is CC#CC(O)(c1cccc(Oc2ccccc2)c1)C(F)(F)F. The van der Waals surface area contributed by atoms with Gasteiger partial charge < -0.3 is 9.84 Å². The van der Waals surface area contributed by atoms with Crippen molar-refractivity contribution in [3.05, 3.63) is 60.2 Å². The van der Waals surface area contributed by atoms with Crippen molar-refractivity contribution in [2.24, 2.45) is 0 Å². The quantitative estimate of drug-likeness (QED) is 0.859. The molecule has 1 unspecified atom stereocenters. The molecule has 0 aliphatic rings. The van der Waals surface area contributed by atoms with E-state index in [2.05, 4.69) is 5.92 Å². The first-order chi connectivity index (χ1) is 10.4. The number of benzene rings is 2. The molecule has 0 amide bonds. The number of hydrogen-bond donors (Lipinski definition) is 1. The zero-order valence-corrected chi connectivity index (χ0v) is 11.7. The minimum Gasteiger partial charge on any atom is -0.457 e. The lowest BCUT2D eigenvalue weighted by Gasteiger charge is -2.26. The molecule has 2 aromatic carbocycles. The second kappa shape index (κ2) is 6.12. The molecule has 1 N–H and O–H groups in total. The smallest absolute Gasteiger partial charge is 0.433 e. The number of halogens is 3. The summed E-state index contributed by atoms with van der Waals surface area (Å²) in [5, 5.41) is 9.96. The molecule has 0 spiro atoms. The van der Waals surface area contributed by atoms with Crippen LogP contribution in [0.15, 0.2) is 54.6 Å². The van der Waals surface area contributed by atoms with Crippen molar-refractivity contribution >= 4 is 0 Å². The summed E-state index contributed by atoms with van der Waals surface area (Å²) in [6.45, 7) is 1.24. The summed E-state index contributed by atoms with van der Waals surface area (Å²) < 4.78 is 44.9. The first-order valence-electron chi connectivity index (χ1n) is 6.43. The maximum absolute atomic E-state index is 13.1. The Balaban J connectivity index is 2.40. The zero-order valence-electron chi connectivity index (χ0n) is 11.7. The topological polar surface area (TPSA) is 29.5 Å². The number of rotatable bonds is 3. The van der Waals surface area contributed by atoms with E-state index in [1.807, 2.05) is 5.92 Å². The zero-order chi connectivity index (χ0) is 16.2. The lowest BCUT2D eigenvalue weighted by molar-refractivity contribution is -0.240. The molecular weight excluding hydrogens is 293 g/mol. The Kier molecular flexibility index (Phi) is 4.43. The molecule has 0 aliphatic carbocycles. The second-order valence-electron chi connectivity index (χ2n) is 4.53. The van der Waals surface area contributed by atoms with Crippen LogP contribution in [0.4, 0.5) is 13.2 Å². The Morgan fingerprint density at radius 2 is 1.59 bits per heavy atom. The molecule has 0 bridgehead atoms. The molecular formula is C17H13F3O2. The predicted octanol–water partition coefficient (Wildman–Crippen LogP) is 4.25. The Morgan fingerprint density at radius 3 is 2.18 bits per heavy atom. The molecule has 0 saturated heterocycles. The first-order valence-corrected chi connectivity index (χ1v) is 6.43. The van der Waals surface area contributed by atoms with E-state index < -0.39 is 11.8 Å². The van der Waals surface area contributed by atoms with E-state index in [-0.39, 0.29) is 11.3 Å². The molecule has 0 aliphatic heterocycles. The fraction of sp³-hybridized carbons (Fsp3) is 0.176. The van der Waals surface area contributed by atoms with Crippen LogP contribution in [0, 0.1) is 11.8 Å². The van der Waals surface area contributed by atoms with Crippen molar-refractivity contribution in [1.29, 1.82) is 0 Å². The third-order valence-corrected chi connectivity index (χ3v) is 2.95. The molecule has 0 radical (unpaired) electrons. The monoisotopic (exact) mass is 306 g/mol. The van der Waals surface area contributed by atoms with Gasteiger partial charge in [-0.15, -0.1) is 5.92 Å². The van der Waals surface area contributed by atoms with Gasteiger partial charge in [-0.3, -0.25) is 0 Å². The van der Waals surface area contributed by atoms with Crippen molar-refractivity contribution in [3.63, 3.8) is 0 Å². The normalized spacial score (nSPS) is 13.7. The molecule has 2 nitrogen and oxygen atoms in total. The minimum atomic E-state index is -4.92. The van der Waals surface area contributed by atoms with Gasteiger partial charge in [0.1, 0.15) is 11.5 Å². The van der Waals surface area contributed by atoms with E-state index in [1.54, 1.807) is 30.3 Å². The van der Waals surface area contributed by atoms with Crippen LogP contribution in [0.1, 0.15) is 12.5 Å². The number of para-hydroxylation sites is 1. The molecule has 0 heterocycles. The maximum atomic E-state index is 13.1. The summed E-state index contributed by atoms with van der Waals surface area (Å²) in [6, 6.07) is 13.8. The first kappa shape index (κ1) is 15.9. The third-order valence-electron chi connectivity index (χ3n) is 2.95. The van der Waals surface area contributed by atoms with E-state index >= 15 is 0 Å². The molecule has 0 saturated carbocycles. The Labute approximate surface area is 126 Å². The van der Waals surface area contributed by atoms with Gasteiger partial charge in [-0.25, -0.2) is 0 Å². The predicted molar refractivity (Wildman–Crippen MR) is 76.4 cm³/mol. The molecule has 2 rings (SSSR count). The highest BCUT2D eigenvalue weighted by molar-refractivity contribution is 5.40. The molecule has 5 heteroatoms. The Morgan fingerprint density at radius 1 is 0.955 bits per heavy atom. The van der Waals surface area contributed by atoms with Crippen LogP contribution in [0.3, 0.4) is 0 Å². The average molecular weight is 306 g/mol. The van der Waals surface area contributed by atoms with E-state index in [4.69, 9.17) is 4.74 Å². The summed E-state index contributed by atoms with van der Waals surface area (Å²) in [4.78, 5) is 0. The second-order valence-corrected chi connectivity index (χ2v) is 4.53. The van der Waals surface area contributed by atoms with Crippen LogP contribution >= 0.6 is 0 Å². The minimum absolute atomic E-state index is 0.185. The van der Waals surface area contributed by atoms with Crippen molar-refractivity contribution in [1.82, 2.24) is 0 Å². The largest absolute Gasteiger partial charge is 0.457 e. The van der Waals surface area contributed by atoms with E-state index in [9.17, 15) is 18.3 Å². The summed E-state index contributed by atoms with van der Waals surface area (Å²) in [5.41, 5.74) is -3.61. The highest BCUT2D eigenvalue weighted by Crippen LogP contribution is 2.39. The van der Waals surface area contributed by atoms with E-state index in [0.29, 0.717) is 5.75 Å². The van der Waals surface area contributed by atoms with Gasteiger partial charge in [0.15, 0.2) is 0 Å². The number of hydrogen-bond acceptors (Lipinski definition) is 2. The highest BCUT2D eigenvalue weighted by Gasteiger charge is 2.54. The maximum Gasteiger partial charge on any atom is 0.433 e. The van der Waals surface area contributed by atoms with Gasteiger partial charge in [-0.1, -0.05) is 36.3 Å². The lowest BCUT2D eigenvalue weighted by atomic mass is 9.93. The summed E-state index contributed by atoms with van der Waals surface area (Å²) >= 11 is 0. The van der Waals surface area contributed by atoms with Gasteiger partial charge in [-0.2, -0.15) is 13.2 Å². The van der Waals surface area contributed by atoms with Gasteiger partial charge in [0, 0.05) is 5.56 Å². The number of ether oxygens (including phenoxy) is 1. The fourth-order valence-corrected chi connectivity index (χ4v) is 1.90. The van der Waals surface area contributed by atoms with Crippen LogP contribution in [-0.4, -0.2) is 11.3 Å². The molecule has 22 heavy (non-hydrogen) atoms. The van der Waals surface area contributed by atoms with Gasteiger partial charge in [0.2, 0.25) is 5.60 Å². The summed E-state index contributed by atoms with van der Waals surface area (Å²) in [6.07, 6.45) is -4.92. The van der Waals surface area contributed by atoms with Crippen LogP contribution in [0.5, 0.6) is 11.5 Å². The van der Waals surface area contributed by atoms with Crippen molar-refractivity contribution in [3.8, 4) is 23.3 Å². The number of aliphatic hydroxyl groups is 1. The van der Waals surface area contributed by atoms with Gasteiger partial charge in [0.05, 0.1) is 0 Å². The van der Waals surface area contributed by atoms with E-state index in [1.165, 1.54) is 19.1 Å². The van der Waals surface area contributed by atoms with Crippen molar-refractivity contribution in [2.45, 2.75) is 18.7 Å². The standard InChI is InChI=1S/C17H13F3O2/c1-2-11-16(21,17(18,19)20)13-7-6-10-15(12-13)22-14-8-4-3-5-9-14/h3-10,12,21H,1H3. The third kappa shape index (κ3) is 3.23. The van der Waals surface area contributed by atoms with Crippen LogP contribution in [0.2, 0.25) is 0 Å². The Bertz CT molecular complexity index is 699. The van der Waals surface area contributed by atoms with Crippen molar-refractivity contribution in [2.75, 3.05) is 0 Å². The molecule has 0 fully saturated rings. The lowest BCUT2D eigenvalue weighted by Crippen LogP contribution is -2.41. The average Bonchev–Trinajstić information content (AvgIpc) is 2.47. The molecule has 2 aromatic rings. The van der Waals surface area contributed by atoms with E-state index in [0.717, 1.165) is 12.1 Å². The van der Waals surface area contributed by atoms with Crippen LogP contribution in [-0.2, 0) is 5.60 Å². The van der Waals surface area contributed by atoms with Crippen LogP contribution in [0.25, 0.3) is 0 Å². The molecule has 1 atom stereocenters. The highest BCUT2D eigenvalue weighted by atomic mass is 19.4. The summed E-state index contributed by atoms with van der Waals surface area (Å²) in [5.74, 6) is 4.62. The van der Waals surface area contributed by atoms with Gasteiger partial charge in [-0.05, 0) is 31.2 Å². The molecule has 0 aromatic heterocycles. The Hall–Kier alpha value is -2.45. The van der Waals surface area contributed by atoms with Crippen molar-refractivity contribution < 1.29 is 23.0 Å². The van der Waals surface area contributed by atoms with Gasteiger partial charge in [0.25, 0.3) is 0 Å². The summed E-state index contributed by atoms with van der Waals surface area (Å²) in [7, 11) is 0. The van der Waals surface area contributed by atoms with Gasteiger partial charge >= 0.3 is 6.18 Å². The fourth-order valence-electron chi connectivity index (χ4n) is 1.90. The molecule has 114 valence electrons.